The Labute approximate surface area is 101 Å². The Bertz CT molecular complexity index is 570. The molecule has 6 heteroatoms. The average molecular weight is 251 g/mol. The van der Waals surface area contributed by atoms with Crippen molar-refractivity contribution >= 4 is 23.1 Å². The summed E-state index contributed by atoms with van der Waals surface area (Å²) in [6, 6.07) is 3.01. The monoisotopic (exact) mass is 251 g/mol. The Kier molecular flexibility index (Phi) is 2.97. The Morgan fingerprint density at radius 2 is 2.24 bits per heavy atom. The predicted molar refractivity (Wildman–Crippen MR) is 62.1 cm³/mol. The van der Waals surface area contributed by atoms with Crippen LogP contribution in [0.4, 0.5) is 0 Å². The Morgan fingerprint density at radius 1 is 1.47 bits per heavy atom. The summed E-state index contributed by atoms with van der Waals surface area (Å²) < 4.78 is 5.05. The van der Waals surface area contributed by atoms with Crippen molar-refractivity contribution in [3.05, 3.63) is 39.8 Å². The van der Waals surface area contributed by atoms with Gasteiger partial charge < -0.3 is 14.8 Å². The maximum absolute atomic E-state index is 12.0. The van der Waals surface area contributed by atoms with E-state index in [4.69, 9.17) is 9.84 Å². The van der Waals surface area contributed by atoms with Crippen LogP contribution in [0.2, 0.25) is 0 Å². The molecule has 0 fully saturated rings. The van der Waals surface area contributed by atoms with Gasteiger partial charge in [0, 0.05) is 11.8 Å². The summed E-state index contributed by atoms with van der Waals surface area (Å²) in [5.74, 6) is -0.846. The molecule has 0 atom stereocenters. The highest BCUT2D eigenvalue weighted by Gasteiger charge is 2.18. The normalized spacial score (nSPS) is 10.2. The molecule has 0 saturated heterocycles. The summed E-state index contributed by atoms with van der Waals surface area (Å²) in [5, 5.41) is 10.5. The molecule has 88 valence electrons. The van der Waals surface area contributed by atoms with Crippen molar-refractivity contribution in [1.82, 2.24) is 4.98 Å². The van der Waals surface area contributed by atoms with Crippen LogP contribution in [-0.2, 0) is 0 Å². The van der Waals surface area contributed by atoms with Gasteiger partial charge in [0.15, 0.2) is 0 Å². The quantitative estimate of drug-likeness (QED) is 0.815. The highest BCUT2D eigenvalue weighted by Crippen LogP contribution is 2.27. The standard InChI is InChI=1S/C11H9NO4S/c1-16-8-2-3-17-10(8)9(13)6-4-7(11(14)15)12-5-6/h2-5,12H,1H3,(H,14,15). The number of thiophene rings is 1. The molecule has 17 heavy (non-hydrogen) atoms. The number of ketones is 1. The first kappa shape index (κ1) is 11.4. The van der Waals surface area contributed by atoms with Crippen LogP contribution in [0.5, 0.6) is 5.75 Å². The molecule has 5 nitrogen and oxygen atoms in total. The lowest BCUT2D eigenvalue weighted by molar-refractivity contribution is 0.0691. The number of nitrogens with one attached hydrogen (secondary N) is 1. The largest absolute Gasteiger partial charge is 0.495 e. The summed E-state index contributed by atoms with van der Waals surface area (Å²) in [6.07, 6.45) is 1.38. The molecule has 0 radical (unpaired) electrons. The van der Waals surface area contributed by atoms with E-state index in [1.165, 1.54) is 30.7 Å². The fourth-order valence-electron chi connectivity index (χ4n) is 1.40. The molecular weight excluding hydrogens is 242 g/mol. The fourth-order valence-corrected chi connectivity index (χ4v) is 2.22. The molecular formula is C11H9NO4S. The summed E-state index contributed by atoms with van der Waals surface area (Å²) in [4.78, 5) is 25.7. The van der Waals surface area contributed by atoms with Gasteiger partial charge in [-0.1, -0.05) is 0 Å². The molecule has 2 heterocycles. The van der Waals surface area contributed by atoms with Crippen LogP contribution in [0.25, 0.3) is 0 Å². The van der Waals surface area contributed by atoms with E-state index in [9.17, 15) is 9.59 Å². The van der Waals surface area contributed by atoms with Crippen molar-refractivity contribution < 1.29 is 19.4 Å². The molecule has 0 saturated carbocycles. The van der Waals surface area contributed by atoms with Gasteiger partial charge in [-0.05, 0) is 17.5 Å². The summed E-state index contributed by atoms with van der Waals surface area (Å²) in [5.41, 5.74) is 0.298. The molecule has 0 amide bonds. The number of hydrogen-bond acceptors (Lipinski definition) is 4. The second kappa shape index (κ2) is 4.42. The Hall–Kier alpha value is -2.08. The van der Waals surface area contributed by atoms with E-state index in [1.54, 1.807) is 11.4 Å². The lowest BCUT2D eigenvalue weighted by Gasteiger charge is -1.99. The van der Waals surface area contributed by atoms with Crippen LogP contribution in [0.3, 0.4) is 0 Å². The van der Waals surface area contributed by atoms with Gasteiger partial charge in [0.2, 0.25) is 5.78 Å². The van der Waals surface area contributed by atoms with Crippen molar-refractivity contribution in [2.75, 3.05) is 7.11 Å². The molecule has 2 rings (SSSR count). The number of carbonyl (C=O) groups is 2. The van der Waals surface area contributed by atoms with E-state index in [0.29, 0.717) is 16.2 Å². The predicted octanol–water partition coefficient (Wildman–Crippen LogP) is 2.01. The number of carboxylic acid groups (broad SMARTS) is 1. The van der Waals surface area contributed by atoms with E-state index in [2.05, 4.69) is 4.98 Å². The van der Waals surface area contributed by atoms with Gasteiger partial charge in [-0.25, -0.2) is 4.79 Å². The van der Waals surface area contributed by atoms with Gasteiger partial charge in [-0.2, -0.15) is 0 Å². The zero-order valence-electron chi connectivity index (χ0n) is 8.89. The van der Waals surface area contributed by atoms with Gasteiger partial charge in [0.05, 0.1) is 7.11 Å². The molecule has 2 aromatic heterocycles. The number of hydrogen-bond donors (Lipinski definition) is 2. The molecule has 2 N–H and O–H groups in total. The zero-order chi connectivity index (χ0) is 12.4. The first-order valence-corrected chi connectivity index (χ1v) is 5.59. The fraction of sp³-hybridized carbons (Fsp3) is 0.0909. The lowest BCUT2D eigenvalue weighted by atomic mass is 10.2. The van der Waals surface area contributed by atoms with Crippen molar-refractivity contribution in [3.63, 3.8) is 0 Å². The maximum Gasteiger partial charge on any atom is 0.352 e. The Balaban J connectivity index is 2.34. The highest BCUT2D eigenvalue weighted by molar-refractivity contribution is 7.12. The number of ether oxygens (including phenoxy) is 1. The molecule has 2 aromatic rings. The van der Waals surface area contributed by atoms with Gasteiger partial charge >= 0.3 is 5.97 Å². The van der Waals surface area contributed by atoms with Gasteiger partial charge in [-0.3, -0.25) is 4.79 Å². The van der Waals surface area contributed by atoms with Crippen LogP contribution >= 0.6 is 11.3 Å². The van der Waals surface area contributed by atoms with Crippen molar-refractivity contribution in [2.45, 2.75) is 0 Å². The molecule has 0 spiro atoms. The average Bonchev–Trinajstić information content (AvgIpc) is 2.96. The van der Waals surface area contributed by atoms with Crippen molar-refractivity contribution in [2.24, 2.45) is 0 Å². The molecule has 0 unspecified atom stereocenters. The van der Waals surface area contributed by atoms with Crippen LogP contribution < -0.4 is 4.74 Å². The number of aromatic nitrogens is 1. The summed E-state index contributed by atoms with van der Waals surface area (Å²) >= 11 is 1.26. The molecule has 0 aliphatic carbocycles. The summed E-state index contributed by atoms with van der Waals surface area (Å²) in [6.45, 7) is 0. The van der Waals surface area contributed by atoms with Crippen LogP contribution in [-0.4, -0.2) is 29.0 Å². The number of H-pyrrole nitrogens is 1. The SMILES string of the molecule is COc1ccsc1C(=O)c1c[nH]c(C(=O)O)c1. The van der Waals surface area contributed by atoms with Crippen LogP contribution in [0.15, 0.2) is 23.7 Å². The van der Waals surface area contributed by atoms with Crippen LogP contribution in [0, 0.1) is 0 Å². The third-order valence-corrected chi connectivity index (χ3v) is 3.13. The molecule has 0 aromatic carbocycles. The minimum Gasteiger partial charge on any atom is -0.495 e. The topological polar surface area (TPSA) is 79.4 Å². The van der Waals surface area contributed by atoms with E-state index in [1.807, 2.05) is 0 Å². The van der Waals surface area contributed by atoms with E-state index in [-0.39, 0.29) is 11.5 Å². The van der Waals surface area contributed by atoms with E-state index < -0.39 is 5.97 Å². The number of aromatic amines is 1. The van der Waals surface area contributed by atoms with Crippen LogP contribution in [0.1, 0.15) is 25.7 Å². The second-order valence-corrected chi connectivity index (χ2v) is 4.17. The number of carboxylic acids is 1. The highest BCUT2D eigenvalue weighted by atomic mass is 32.1. The number of carbonyl (C=O) groups excluding carboxylic acids is 1. The number of aromatic carboxylic acids is 1. The maximum atomic E-state index is 12.0. The third kappa shape index (κ3) is 2.07. The number of rotatable bonds is 4. The summed E-state index contributed by atoms with van der Waals surface area (Å²) in [7, 11) is 1.48. The van der Waals surface area contributed by atoms with Crippen molar-refractivity contribution in [3.8, 4) is 5.75 Å². The molecule has 0 aliphatic rings. The zero-order valence-corrected chi connectivity index (χ0v) is 9.71. The Morgan fingerprint density at radius 3 is 2.82 bits per heavy atom. The minimum atomic E-state index is -1.10. The van der Waals surface area contributed by atoms with E-state index in [0.717, 1.165) is 0 Å². The smallest absolute Gasteiger partial charge is 0.352 e. The number of methoxy groups -OCH3 is 1. The van der Waals surface area contributed by atoms with E-state index >= 15 is 0 Å². The second-order valence-electron chi connectivity index (χ2n) is 3.25. The minimum absolute atomic E-state index is 0.0103. The van der Waals surface area contributed by atoms with Gasteiger partial charge in [-0.15, -0.1) is 11.3 Å². The first-order chi connectivity index (χ1) is 8.13. The third-order valence-electron chi connectivity index (χ3n) is 2.23. The molecule has 0 bridgehead atoms. The van der Waals surface area contributed by atoms with Crippen molar-refractivity contribution in [1.29, 1.82) is 0 Å². The molecule has 0 aliphatic heterocycles. The van der Waals surface area contributed by atoms with Gasteiger partial charge in [0.25, 0.3) is 0 Å². The van der Waals surface area contributed by atoms with Gasteiger partial charge in [0.1, 0.15) is 16.3 Å². The first-order valence-electron chi connectivity index (χ1n) is 4.71. The lowest BCUT2D eigenvalue weighted by Crippen LogP contribution is -1.99.